The molecule has 1 aliphatic rings. The maximum absolute atomic E-state index is 11.0. The molecule has 0 spiro atoms. The van der Waals surface area contributed by atoms with E-state index in [1.54, 1.807) is 0 Å². The van der Waals surface area contributed by atoms with Crippen LogP contribution in [0.4, 0.5) is 0 Å². The number of nitrogens with zero attached hydrogens (tertiary/aromatic N) is 2. The monoisotopic (exact) mass is 302 g/mol. The van der Waals surface area contributed by atoms with Crippen LogP contribution in [-0.4, -0.2) is 29.3 Å². The Morgan fingerprint density at radius 1 is 1.43 bits per heavy atom. The predicted molar refractivity (Wildman–Crippen MR) is 85.6 cm³/mol. The largest absolute Gasteiger partial charge is 0.303 e. The Balaban J connectivity index is 1.90. The Labute approximate surface area is 129 Å². The Hall–Kier alpha value is -1.45. The van der Waals surface area contributed by atoms with Crippen molar-refractivity contribution in [2.45, 2.75) is 26.3 Å². The molecule has 1 aromatic heterocycles. The summed E-state index contributed by atoms with van der Waals surface area (Å²) in [6.07, 6.45) is 3.14. The number of piperidine rings is 1. The molecule has 0 aliphatic carbocycles. The van der Waals surface area contributed by atoms with Gasteiger partial charge in [-0.1, -0.05) is 29.8 Å². The Kier molecular flexibility index (Phi) is 4.22. The first-order valence-corrected chi connectivity index (χ1v) is 7.78. The van der Waals surface area contributed by atoms with E-state index >= 15 is 0 Å². The highest BCUT2D eigenvalue weighted by molar-refractivity contribution is 6.32. The number of hydrogen-bond acceptors (Lipinski definition) is 3. The van der Waals surface area contributed by atoms with Gasteiger partial charge >= 0.3 is 0 Å². The first-order valence-electron chi connectivity index (χ1n) is 7.40. The lowest BCUT2D eigenvalue weighted by atomic mass is 9.99. The molecular formula is C17H19ClN2O. The fraction of sp³-hybridized carbons (Fsp3) is 0.412. The number of aldehydes is 1. The molecule has 1 saturated heterocycles. The van der Waals surface area contributed by atoms with Crippen LogP contribution >= 0.6 is 11.6 Å². The number of likely N-dealkylation sites (tertiary alicyclic amines) is 1. The summed E-state index contributed by atoms with van der Waals surface area (Å²) in [6, 6.07) is 8.07. The molecule has 2 heterocycles. The van der Waals surface area contributed by atoms with E-state index in [4.69, 9.17) is 16.6 Å². The highest BCUT2D eigenvalue weighted by atomic mass is 35.5. The fourth-order valence-corrected chi connectivity index (χ4v) is 3.28. The van der Waals surface area contributed by atoms with Gasteiger partial charge in [-0.3, -0.25) is 4.90 Å². The molecule has 0 N–H and O–H groups in total. The van der Waals surface area contributed by atoms with E-state index in [1.165, 1.54) is 0 Å². The molecule has 3 rings (SSSR count). The number of aromatic nitrogens is 1. The zero-order valence-electron chi connectivity index (χ0n) is 12.2. The topological polar surface area (TPSA) is 33.2 Å². The van der Waals surface area contributed by atoms with Gasteiger partial charge in [-0.05, 0) is 37.9 Å². The van der Waals surface area contributed by atoms with Gasteiger partial charge in [0.25, 0.3) is 0 Å². The molecule has 21 heavy (non-hydrogen) atoms. The molecule has 1 aliphatic heterocycles. The van der Waals surface area contributed by atoms with Crippen molar-refractivity contribution < 1.29 is 4.79 Å². The van der Waals surface area contributed by atoms with Crippen LogP contribution in [0.5, 0.6) is 0 Å². The van der Waals surface area contributed by atoms with Gasteiger partial charge in [0, 0.05) is 24.4 Å². The van der Waals surface area contributed by atoms with Crippen molar-refractivity contribution in [3.05, 3.63) is 40.5 Å². The number of carbonyl (C=O) groups excluding carboxylic acids is 1. The van der Waals surface area contributed by atoms with Crippen LogP contribution < -0.4 is 0 Å². The molecule has 2 aromatic rings. The average molecular weight is 303 g/mol. The van der Waals surface area contributed by atoms with Crippen LogP contribution in [0.15, 0.2) is 24.3 Å². The Morgan fingerprint density at radius 2 is 2.24 bits per heavy atom. The van der Waals surface area contributed by atoms with Gasteiger partial charge in [0.2, 0.25) is 0 Å². The molecular weight excluding hydrogens is 284 g/mol. The lowest BCUT2D eigenvalue weighted by Crippen LogP contribution is -2.35. The number of aryl methyl sites for hydroxylation is 1. The quantitative estimate of drug-likeness (QED) is 0.812. The number of rotatable bonds is 3. The van der Waals surface area contributed by atoms with E-state index in [0.29, 0.717) is 0 Å². The minimum Gasteiger partial charge on any atom is -0.303 e. The van der Waals surface area contributed by atoms with E-state index < -0.39 is 0 Å². The second-order valence-corrected chi connectivity index (χ2v) is 6.17. The summed E-state index contributed by atoms with van der Waals surface area (Å²) >= 11 is 6.50. The number of benzene rings is 1. The number of carbonyl (C=O) groups is 1. The van der Waals surface area contributed by atoms with E-state index in [2.05, 4.69) is 11.0 Å². The SMILES string of the molecule is Cc1c(Cl)c(CN2CCCC(C=O)C2)nc2ccccc12. The average Bonchev–Trinajstić information content (AvgIpc) is 2.52. The van der Waals surface area contributed by atoms with E-state index in [1.807, 2.05) is 25.1 Å². The highest BCUT2D eigenvalue weighted by Gasteiger charge is 2.21. The van der Waals surface area contributed by atoms with Crippen molar-refractivity contribution >= 4 is 28.8 Å². The second kappa shape index (κ2) is 6.12. The standard InChI is InChI=1S/C17H19ClN2O/c1-12-14-6-2-3-7-15(14)19-16(17(12)18)10-20-8-4-5-13(9-20)11-21/h2-3,6-7,11,13H,4-5,8-10H2,1H3. The molecule has 1 atom stereocenters. The van der Waals surface area contributed by atoms with E-state index in [-0.39, 0.29) is 5.92 Å². The molecule has 1 fully saturated rings. The summed E-state index contributed by atoms with van der Waals surface area (Å²) in [6.45, 7) is 4.58. The molecule has 1 aromatic carbocycles. The number of hydrogen-bond donors (Lipinski definition) is 0. The first kappa shape index (κ1) is 14.5. The van der Waals surface area contributed by atoms with E-state index in [0.717, 1.165) is 65.9 Å². The third-order valence-corrected chi connectivity index (χ3v) is 4.76. The van der Waals surface area contributed by atoms with Gasteiger partial charge in [0.15, 0.2) is 0 Å². The Morgan fingerprint density at radius 3 is 3.05 bits per heavy atom. The van der Waals surface area contributed by atoms with Crippen LogP contribution in [0.2, 0.25) is 5.02 Å². The zero-order chi connectivity index (χ0) is 14.8. The van der Waals surface area contributed by atoms with Crippen molar-refractivity contribution in [2.24, 2.45) is 5.92 Å². The van der Waals surface area contributed by atoms with Crippen molar-refractivity contribution in [3.63, 3.8) is 0 Å². The minimum atomic E-state index is 0.152. The second-order valence-electron chi connectivity index (χ2n) is 5.79. The molecule has 4 heteroatoms. The maximum atomic E-state index is 11.0. The molecule has 3 nitrogen and oxygen atoms in total. The Bertz CT molecular complexity index is 671. The summed E-state index contributed by atoms with van der Waals surface area (Å²) < 4.78 is 0. The molecule has 0 amide bonds. The molecule has 0 radical (unpaired) electrons. The van der Waals surface area contributed by atoms with E-state index in [9.17, 15) is 4.79 Å². The summed E-state index contributed by atoms with van der Waals surface area (Å²) in [5, 5.41) is 1.86. The molecule has 1 unspecified atom stereocenters. The first-order chi connectivity index (χ1) is 10.2. The third kappa shape index (κ3) is 2.94. The number of halogens is 1. The van der Waals surface area contributed by atoms with Crippen molar-refractivity contribution in [2.75, 3.05) is 13.1 Å². The van der Waals surface area contributed by atoms with Crippen molar-refractivity contribution in [3.8, 4) is 0 Å². The van der Waals surface area contributed by atoms with Gasteiger partial charge in [-0.2, -0.15) is 0 Å². The van der Waals surface area contributed by atoms with Crippen LogP contribution in [0, 0.1) is 12.8 Å². The minimum absolute atomic E-state index is 0.152. The van der Waals surface area contributed by atoms with Crippen LogP contribution in [0.25, 0.3) is 10.9 Å². The van der Waals surface area contributed by atoms with Gasteiger partial charge in [0.1, 0.15) is 6.29 Å². The summed E-state index contributed by atoms with van der Waals surface area (Å²) in [5.41, 5.74) is 2.99. The van der Waals surface area contributed by atoms with Crippen molar-refractivity contribution in [1.29, 1.82) is 0 Å². The van der Waals surface area contributed by atoms with Crippen molar-refractivity contribution in [1.82, 2.24) is 9.88 Å². The lowest BCUT2D eigenvalue weighted by Gasteiger charge is -2.30. The summed E-state index contributed by atoms with van der Waals surface area (Å²) in [7, 11) is 0. The van der Waals surface area contributed by atoms with Crippen LogP contribution in [0.1, 0.15) is 24.1 Å². The normalized spacial score (nSPS) is 19.8. The third-order valence-electron chi connectivity index (χ3n) is 4.25. The maximum Gasteiger partial charge on any atom is 0.124 e. The lowest BCUT2D eigenvalue weighted by molar-refractivity contribution is -0.112. The number of para-hydroxylation sites is 1. The van der Waals surface area contributed by atoms with Crippen LogP contribution in [0.3, 0.4) is 0 Å². The molecule has 0 saturated carbocycles. The number of pyridine rings is 1. The highest BCUT2D eigenvalue weighted by Crippen LogP contribution is 2.28. The molecule has 110 valence electrons. The zero-order valence-corrected chi connectivity index (χ0v) is 12.9. The molecule has 0 bridgehead atoms. The fourth-order valence-electron chi connectivity index (χ4n) is 3.08. The van der Waals surface area contributed by atoms with Crippen LogP contribution in [-0.2, 0) is 11.3 Å². The van der Waals surface area contributed by atoms with Gasteiger partial charge in [0.05, 0.1) is 16.2 Å². The van der Waals surface area contributed by atoms with Gasteiger partial charge in [-0.25, -0.2) is 4.98 Å². The smallest absolute Gasteiger partial charge is 0.124 e. The van der Waals surface area contributed by atoms with Gasteiger partial charge in [-0.15, -0.1) is 0 Å². The summed E-state index contributed by atoms with van der Waals surface area (Å²) in [5.74, 6) is 0.152. The number of fused-ring (bicyclic) bond motifs is 1. The predicted octanol–water partition coefficient (Wildman–Crippen LogP) is 3.61. The van der Waals surface area contributed by atoms with Gasteiger partial charge < -0.3 is 4.79 Å². The summed E-state index contributed by atoms with van der Waals surface area (Å²) in [4.78, 5) is 18.0.